The second-order valence-corrected chi connectivity index (χ2v) is 7.84. The maximum Gasteiger partial charge on any atom is 0.303 e. The van der Waals surface area contributed by atoms with Crippen LogP contribution in [-0.2, 0) is 17.6 Å². The van der Waals surface area contributed by atoms with Crippen molar-refractivity contribution < 1.29 is 14.6 Å². The average molecular weight is 445 g/mol. The summed E-state index contributed by atoms with van der Waals surface area (Å²) in [6.07, 6.45) is 3.12. The van der Waals surface area contributed by atoms with E-state index in [1.54, 1.807) is 18.3 Å². The topological polar surface area (TPSA) is 71.5 Å². The SMILES string of the molecule is CC(Cc1ccc(Cl)c(Cl)c1)Nc1ccc(Oc2ccc(CCC(=O)O)cc2)nc1. The molecule has 0 saturated heterocycles. The number of aliphatic carboxylic acids is 1. The third kappa shape index (κ3) is 6.65. The van der Waals surface area contributed by atoms with Crippen molar-refractivity contribution in [3.63, 3.8) is 0 Å². The van der Waals surface area contributed by atoms with Crippen LogP contribution in [0.15, 0.2) is 60.8 Å². The van der Waals surface area contributed by atoms with E-state index >= 15 is 0 Å². The molecule has 0 amide bonds. The molecule has 7 heteroatoms. The second-order valence-electron chi connectivity index (χ2n) is 7.02. The maximum atomic E-state index is 10.6. The van der Waals surface area contributed by atoms with Gasteiger partial charge in [-0.3, -0.25) is 4.79 Å². The molecular formula is C23H22Cl2N2O3. The number of benzene rings is 2. The van der Waals surface area contributed by atoms with E-state index in [0.717, 1.165) is 23.2 Å². The number of aryl methyl sites for hydroxylation is 1. The Bertz CT molecular complexity index is 992. The van der Waals surface area contributed by atoms with Crippen molar-refractivity contribution in [3.8, 4) is 11.6 Å². The summed E-state index contributed by atoms with van der Waals surface area (Å²) in [6, 6.07) is 16.9. The van der Waals surface area contributed by atoms with E-state index in [-0.39, 0.29) is 12.5 Å². The number of nitrogens with zero attached hydrogens (tertiary/aromatic N) is 1. The zero-order valence-electron chi connectivity index (χ0n) is 16.4. The van der Waals surface area contributed by atoms with Gasteiger partial charge in [-0.05, 0) is 61.2 Å². The van der Waals surface area contributed by atoms with Crippen LogP contribution >= 0.6 is 23.2 Å². The quantitative estimate of drug-likeness (QED) is 0.408. The van der Waals surface area contributed by atoms with E-state index in [4.69, 9.17) is 33.0 Å². The molecule has 0 bridgehead atoms. The van der Waals surface area contributed by atoms with Crippen LogP contribution in [0.2, 0.25) is 10.0 Å². The lowest BCUT2D eigenvalue weighted by atomic mass is 10.1. The number of carboxylic acid groups (broad SMARTS) is 1. The number of halogens is 2. The zero-order valence-corrected chi connectivity index (χ0v) is 18.0. The molecule has 1 aromatic heterocycles. The van der Waals surface area contributed by atoms with Gasteiger partial charge < -0.3 is 15.2 Å². The summed E-state index contributed by atoms with van der Waals surface area (Å²) in [5.41, 5.74) is 2.94. The first-order valence-corrected chi connectivity index (χ1v) is 10.3. The lowest BCUT2D eigenvalue weighted by Gasteiger charge is -2.16. The monoisotopic (exact) mass is 444 g/mol. The molecule has 2 N–H and O–H groups in total. The van der Waals surface area contributed by atoms with Crippen LogP contribution in [0.1, 0.15) is 24.5 Å². The Hall–Kier alpha value is -2.76. The van der Waals surface area contributed by atoms with Gasteiger partial charge in [0.2, 0.25) is 5.88 Å². The van der Waals surface area contributed by atoms with Crippen LogP contribution < -0.4 is 10.1 Å². The third-order valence-corrected chi connectivity index (χ3v) is 5.19. The fraction of sp³-hybridized carbons (Fsp3) is 0.217. The summed E-state index contributed by atoms with van der Waals surface area (Å²) in [5, 5.41) is 13.3. The molecule has 0 aliphatic rings. The molecule has 1 unspecified atom stereocenters. The molecule has 0 spiro atoms. The molecule has 2 aromatic carbocycles. The van der Waals surface area contributed by atoms with Gasteiger partial charge in [0.05, 0.1) is 21.9 Å². The number of ether oxygens (including phenoxy) is 1. The van der Waals surface area contributed by atoms with Gasteiger partial charge in [0.15, 0.2) is 0 Å². The van der Waals surface area contributed by atoms with E-state index < -0.39 is 5.97 Å². The van der Waals surface area contributed by atoms with Gasteiger partial charge in [-0.1, -0.05) is 41.4 Å². The standard InChI is InChI=1S/C23H22Cl2N2O3/c1-15(12-17-4-9-20(24)21(25)13-17)27-18-6-10-22(26-14-18)30-19-7-2-16(3-8-19)5-11-23(28)29/h2-4,6-10,13-15,27H,5,11-12H2,1H3,(H,28,29). The molecular weight excluding hydrogens is 423 g/mol. The van der Waals surface area contributed by atoms with Crippen molar-refractivity contribution >= 4 is 34.9 Å². The van der Waals surface area contributed by atoms with E-state index in [9.17, 15) is 4.79 Å². The van der Waals surface area contributed by atoms with Gasteiger partial charge in [-0.25, -0.2) is 4.98 Å². The fourth-order valence-electron chi connectivity index (χ4n) is 2.98. The molecule has 0 radical (unpaired) electrons. The van der Waals surface area contributed by atoms with Crippen LogP contribution in [0.25, 0.3) is 0 Å². The minimum atomic E-state index is -0.806. The smallest absolute Gasteiger partial charge is 0.303 e. The average Bonchev–Trinajstić information content (AvgIpc) is 2.71. The molecule has 3 rings (SSSR count). The molecule has 1 atom stereocenters. The van der Waals surface area contributed by atoms with E-state index in [1.165, 1.54) is 0 Å². The zero-order chi connectivity index (χ0) is 21.5. The minimum absolute atomic E-state index is 0.111. The van der Waals surface area contributed by atoms with Crippen molar-refractivity contribution in [3.05, 3.63) is 82.0 Å². The predicted molar refractivity (Wildman–Crippen MR) is 120 cm³/mol. The molecule has 156 valence electrons. The molecule has 3 aromatic rings. The number of hydrogen-bond acceptors (Lipinski definition) is 4. The molecule has 0 aliphatic heterocycles. The van der Waals surface area contributed by atoms with Crippen molar-refractivity contribution in [2.45, 2.75) is 32.2 Å². The first kappa shape index (κ1) is 21.9. The third-order valence-electron chi connectivity index (χ3n) is 4.45. The molecule has 30 heavy (non-hydrogen) atoms. The second kappa shape index (κ2) is 10.3. The number of hydrogen-bond donors (Lipinski definition) is 2. The maximum absolute atomic E-state index is 10.6. The van der Waals surface area contributed by atoms with E-state index in [2.05, 4.69) is 17.2 Å². The highest BCUT2D eigenvalue weighted by Crippen LogP contribution is 2.24. The van der Waals surface area contributed by atoms with Crippen molar-refractivity contribution in [1.29, 1.82) is 0 Å². The predicted octanol–water partition coefficient (Wildman–Crippen LogP) is 6.24. The Balaban J connectivity index is 1.52. The van der Waals surface area contributed by atoms with Crippen LogP contribution in [0.5, 0.6) is 11.6 Å². The first-order chi connectivity index (χ1) is 14.4. The van der Waals surface area contributed by atoms with Gasteiger partial charge >= 0.3 is 5.97 Å². The molecule has 0 saturated carbocycles. The highest BCUT2D eigenvalue weighted by Gasteiger charge is 2.07. The van der Waals surface area contributed by atoms with Crippen LogP contribution in [0, 0.1) is 0 Å². The Morgan fingerprint density at radius 1 is 1.07 bits per heavy atom. The highest BCUT2D eigenvalue weighted by molar-refractivity contribution is 6.42. The lowest BCUT2D eigenvalue weighted by molar-refractivity contribution is -0.136. The summed E-state index contributed by atoms with van der Waals surface area (Å²) >= 11 is 12.0. The summed E-state index contributed by atoms with van der Waals surface area (Å²) in [7, 11) is 0. The number of carboxylic acids is 1. The lowest BCUT2D eigenvalue weighted by Crippen LogP contribution is -2.18. The van der Waals surface area contributed by atoms with Gasteiger partial charge in [-0.15, -0.1) is 0 Å². The normalized spacial score (nSPS) is 11.7. The number of pyridine rings is 1. The van der Waals surface area contributed by atoms with Gasteiger partial charge in [0.1, 0.15) is 5.75 Å². The summed E-state index contributed by atoms with van der Waals surface area (Å²) in [6.45, 7) is 2.08. The molecule has 1 heterocycles. The fourth-order valence-corrected chi connectivity index (χ4v) is 3.30. The van der Waals surface area contributed by atoms with Gasteiger partial charge in [-0.2, -0.15) is 0 Å². The van der Waals surface area contributed by atoms with Crippen LogP contribution in [0.3, 0.4) is 0 Å². The minimum Gasteiger partial charge on any atom is -0.481 e. The van der Waals surface area contributed by atoms with Crippen LogP contribution in [-0.4, -0.2) is 22.1 Å². The summed E-state index contributed by atoms with van der Waals surface area (Å²) in [5.74, 6) is 0.325. The first-order valence-electron chi connectivity index (χ1n) is 9.54. The van der Waals surface area contributed by atoms with Crippen molar-refractivity contribution in [2.75, 3.05) is 5.32 Å². The summed E-state index contributed by atoms with van der Waals surface area (Å²) in [4.78, 5) is 15.0. The number of aromatic nitrogens is 1. The van der Waals surface area contributed by atoms with Crippen molar-refractivity contribution in [2.24, 2.45) is 0 Å². The van der Waals surface area contributed by atoms with E-state index in [1.807, 2.05) is 42.5 Å². The molecule has 0 aliphatic carbocycles. The highest BCUT2D eigenvalue weighted by atomic mass is 35.5. The van der Waals surface area contributed by atoms with E-state index in [0.29, 0.717) is 28.1 Å². The Labute approximate surface area is 185 Å². The number of nitrogens with one attached hydrogen (secondary N) is 1. The van der Waals surface area contributed by atoms with Crippen LogP contribution in [0.4, 0.5) is 5.69 Å². The largest absolute Gasteiger partial charge is 0.481 e. The number of anilines is 1. The Kier molecular flexibility index (Phi) is 7.55. The summed E-state index contributed by atoms with van der Waals surface area (Å²) < 4.78 is 5.76. The van der Waals surface area contributed by atoms with Gasteiger partial charge in [0.25, 0.3) is 0 Å². The number of rotatable bonds is 9. The Morgan fingerprint density at radius 2 is 1.80 bits per heavy atom. The van der Waals surface area contributed by atoms with Gasteiger partial charge in [0, 0.05) is 18.5 Å². The molecule has 0 fully saturated rings. The molecule has 5 nitrogen and oxygen atoms in total. The number of carbonyl (C=O) groups is 1. The van der Waals surface area contributed by atoms with Crippen molar-refractivity contribution in [1.82, 2.24) is 4.98 Å². The Morgan fingerprint density at radius 3 is 2.43 bits per heavy atom.